The smallest absolute Gasteiger partial charge is 0.257 e. The zero-order valence-electron chi connectivity index (χ0n) is 9.82. The van der Waals surface area contributed by atoms with E-state index in [0.717, 1.165) is 11.0 Å². The predicted octanol–water partition coefficient (Wildman–Crippen LogP) is 3.03. The second-order valence-corrected chi connectivity index (χ2v) is 5.36. The fraction of sp³-hybridized carbons (Fsp3) is 0.462. The van der Waals surface area contributed by atoms with Crippen LogP contribution in [0.1, 0.15) is 30.1 Å². The lowest BCUT2D eigenvalue weighted by Crippen LogP contribution is -2.32. The summed E-state index contributed by atoms with van der Waals surface area (Å²) >= 11 is 3.32. The van der Waals surface area contributed by atoms with E-state index >= 15 is 0 Å². The monoisotopic (exact) mass is 297 g/mol. The molecule has 0 atom stereocenters. The summed E-state index contributed by atoms with van der Waals surface area (Å²) in [5.74, 6) is 0.624. The fourth-order valence-corrected chi connectivity index (χ4v) is 2.18. The minimum atomic E-state index is -0.0850. The lowest BCUT2D eigenvalue weighted by molar-refractivity contribution is 0.0754. The highest BCUT2D eigenvalue weighted by Crippen LogP contribution is 2.31. The van der Waals surface area contributed by atoms with Crippen molar-refractivity contribution in [3.8, 4) is 5.75 Å². The van der Waals surface area contributed by atoms with Gasteiger partial charge in [-0.25, -0.2) is 0 Å². The Labute approximate surface area is 110 Å². The minimum absolute atomic E-state index is 0.0486. The summed E-state index contributed by atoms with van der Waals surface area (Å²) in [7, 11) is 0. The number of aromatic hydroxyl groups is 1. The van der Waals surface area contributed by atoms with Crippen molar-refractivity contribution >= 4 is 21.8 Å². The van der Waals surface area contributed by atoms with Gasteiger partial charge in [0.1, 0.15) is 5.75 Å². The van der Waals surface area contributed by atoms with Gasteiger partial charge in [0.05, 0.1) is 5.56 Å². The molecule has 1 aromatic carbocycles. The summed E-state index contributed by atoms with van der Waals surface area (Å²) in [4.78, 5) is 14.1. The Kier molecular flexibility index (Phi) is 3.72. The molecule has 4 heteroatoms. The van der Waals surface area contributed by atoms with Gasteiger partial charge < -0.3 is 10.0 Å². The van der Waals surface area contributed by atoms with Gasteiger partial charge in [-0.15, -0.1) is 0 Å². The zero-order chi connectivity index (χ0) is 12.4. The average Bonchev–Trinajstić information content (AvgIpc) is 3.12. The van der Waals surface area contributed by atoms with Crippen LogP contribution in [0.25, 0.3) is 0 Å². The zero-order valence-corrected chi connectivity index (χ0v) is 11.4. The van der Waals surface area contributed by atoms with Gasteiger partial charge >= 0.3 is 0 Å². The molecular weight excluding hydrogens is 282 g/mol. The third-order valence-corrected chi connectivity index (χ3v) is 3.53. The van der Waals surface area contributed by atoms with Crippen molar-refractivity contribution < 1.29 is 9.90 Å². The first-order chi connectivity index (χ1) is 8.11. The second kappa shape index (κ2) is 5.08. The van der Waals surface area contributed by atoms with Gasteiger partial charge in [-0.1, -0.05) is 15.9 Å². The number of nitrogens with zero attached hydrogens (tertiary/aromatic N) is 1. The number of amides is 1. The lowest BCUT2D eigenvalue weighted by atomic mass is 10.1. The SMILES string of the molecule is CCN(CC1CC1)C(=O)c1cc(Br)ccc1O. The molecule has 1 aliphatic carbocycles. The molecule has 1 aliphatic rings. The maximum absolute atomic E-state index is 12.3. The maximum atomic E-state index is 12.3. The third-order valence-electron chi connectivity index (χ3n) is 3.03. The van der Waals surface area contributed by atoms with Gasteiger partial charge in [0.15, 0.2) is 0 Å². The van der Waals surface area contributed by atoms with E-state index in [-0.39, 0.29) is 11.7 Å². The van der Waals surface area contributed by atoms with Crippen molar-refractivity contribution in [2.75, 3.05) is 13.1 Å². The number of halogens is 1. The third kappa shape index (κ3) is 3.00. The van der Waals surface area contributed by atoms with E-state index in [0.29, 0.717) is 18.0 Å². The molecule has 0 aliphatic heterocycles. The topological polar surface area (TPSA) is 40.5 Å². The molecule has 0 heterocycles. The molecule has 0 unspecified atom stereocenters. The van der Waals surface area contributed by atoms with Crippen LogP contribution in [0.4, 0.5) is 0 Å². The summed E-state index contributed by atoms with van der Waals surface area (Å²) in [5.41, 5.74) is 0.377. The van der Waals surface area contributed by atoms with Crippen LogP contribution < -0.4 is 0 Å². The second-order valence-electron chi connectivity index (χ2n) is 4.45. The summed E-state index contributed by atoms with van der Waals surface area (Å²) in [6.45, 7) is 3.46. The summed E-state index contributed by atoms with van der Waals surface area (Å²) in [6, 6.07) is 4.94. The highest BCUT2D eigenvalue weighted by atomic mass is 79.9. The first kappa shape index (κ1) is 12.4. The number of benzene rings is 1. The van der Waals surface area contributed by atoms with E-state index < -0.39 is 0 Å². The van der Waals surface area contributed by atoms with Crippen molar-refractivity contribution in [3.05, 3.63) is 28.2 Å². The number of carbonyl (C=O) groups is 1. The molecule has 0 aromatic heterocycles. The van der Waals surface area contributed by atoms with Crippen molar-refractivity contribution in [3.63, 3.8) is 0 Å². The molecule has 0 spiro atoms. The number of rotatable bonds is 4. The van der Waals surface area contributed by atoms with Crippen LogP contribution in [-0.2, 0) is 0 Å². The molecule has 1 amide bonds. The van der Waals surface area contributed by atoms with Crippen molar-refractivity contribution in [2.45, 2.75) is 19.8 Å². The molecule has 17 heavy (non-hydrogen) atoms. The quantitative estimate of drug-likeness (QED) is 0.928. The van der Waals surface area contributed by atoms with E-state index in [1.807, 2.05) is 6.92 Å². The van der Waals surface area contributed by atoms with Crippen LogP contribution in [0.3, 0.4) is 0 Å². The van der Waals surface area contributed by atoms with Crippen LogP contribution >= 0.6 is 15.9 Å². The highest BCUT2D eigenvalue weighted by molar-refractivity contribution is 9.10. The van der Waals surface area contributed by atoms with Gasteiger partial charge in [-0.2, -0.15) is 0 Å². The van der Waals surface area contributed by atoms with Crippen LogP contribution in [0.15, 0.2) is 22.7 Å². The van der Waals surface area contributed by atoms with E-state index in [9.17, 15) is 9.90 Å². The highest BCUT2D eigenvalue weighted by Gasteiger charge is 2.27. The molecule has 92 valence electrons. The Hall–Kier alpha value is -1.03. The molecule has 3 nitrogen and oxygen atoms in total. The van der Waals surface area contributed by atoms with Crippen LogP contribution in [0.2, 0.25) is 0 Å². The Morgan fingerprint density at radius 2 is 2.24 bits per heavy atom. The predicted molar refractivity (Wildman–Crippen MR) is 70.1 cm³/mol. The first-order valence-corrected chi connectivity index (χ1v) is 6.69. The summed E-state index contributed by atoms with van der Waals surface area (Å²) in [6.07, 6.45) is 2.43. The summed E-state index contributed by atoms with van der Waals surface area (Å²) < 4.78 is 0.807. The van der Waals surface area contributed by atoms with Gasteiger partial charge in [-0.3, -0.25) is 4.79 Å². The maximum Gasteiger partial charge on any atom is 0.257 e. The van der Waals surface area contributed by atoms with E-state index in [1.54, 1.807) is 23.1 Å². The van der Waals surface area contributed by atoms with E-state index in [4.69, 9.17) is 0 Å². The van der Waals surface area contributed by atoms with Gasteiger partial charge in [0.25, 0.3) is 5.91 Å². The minimum Gasteiger partial charge on any atom is -0.507 e. The summed E-state index contributed by atoms with van der Waals surface area (Å²) in [5, 5.41) is 9.73. The van der Waals surface area contributed by atoms with Crippen molar-refractivity contribution in [1.29, 1.82) is 0 Å². The Balaban J connectivity index is 2.18. The standard InChI is InChI=1S/C13H16BrNO2/c1-2-15(8-9-3-4-9)13(17)11-7-10(14)5-6-12(11)16/h5-7,9,16H,2-4,8H2,1H3. The largest absolute Gasteiger partial charge is 0.507 e. The van der Waals surface area contributed by atoms with Crippen LogP contribution in [0.5, 0.6) is 5.75 Å². The first-order valence-electron chi connectivity index (χ1n) is 5.89. The number of phenols is 1. The number of hydrogen-bond acceptors (Lipinski definition) is 2. The molecule has 0 bridgehead atoms. The van der Waals surface area contributed by atoms with Gasteiger partial charge in [0.2, 0.25) is 0 Å². The van der Waals surface area contributed by atoms with Gasteiger partial charge in [0, 0.05) is 17.6 Å². The number of hydrogen-bond donors (Lipinski definition) is 1. The van der Waals surface area contributed by atoms with Crippen molar-refractivity contribution in [2.24, 2.45) is 5.92 Å². The molecule has 1 aromatic rings. The Morgan fingerprint density at radius 3 is 2.82 bits per heavy atom. The number of carbonyl (C=O) groups excluding carboxylic acids is 1. The molecule has 1 N–H and O–H groups in total. The fourth-order valence-electron chi connectivity index (χ4n) is 1.82. The van der Waals surface area contributed by atoms with Crippen LogP contribution in [-0.4, -0.2) is 29.0 Å². The van der Waals surface area contributed by atoms with Crippen molar-refractivity contribution in [1.82, 2.24) is 4.90 Å². The van der Waals surface area contributed by atoms with E-state index in [1.165, 1.54) is 12.8 Å². The lowest BCUT2D eigenvalue weighted by Gasteiger charge is -2.21. The Bertz CT molecular complexity index is 429. The van der Waals surface area contributed by atoms with Crippen LogP contribution in [0, 0.1) is 5.92 Å². The molecular formula is C13H16BrNO2. The molecule has 1 fully saturated rings. The molecule has 0 radical (unpaired) electrons. The normalized spacial score (nSPS) is 14.7. The Morgan fingerprint density at radius 1 is 1.53 bits per heavy atom. The molecule has 2 rings (SSSR count). The molecule has 1 saturated carbocycles. The van der Waals surface area contributed by atoms with Gasteiger partial charge in [-0.05, 0) is 43.9 Å². The number of phenolic OH excluding ortho intramolecular Hbond substituents is 1. The molecule has 0 saturated heterocycles. The average molecular weight is 298 g/mol. The van der Waals surface area contributed by atoms with E-state index in [2.05, 4.69) is 15.9 Å².